The molecule has 0 radical (unpaired) electrons. The van der Waals surface area contributed by atoms with Crippen molar-refractivity contribution in [2.24, 2.45) is 5.16 Å². The van der Waals surface area contributed by atoms with Crippen LogP contribution in [-0.4, -0.2) is 31.4 Å². The summed E-state index contributed by atoms with van der Waals surface area (Å²) in [6.45, 7) is 0. The first-order valence-electron chi connectivity index (χ1n) is 4.29. The number of hydrogen-bond donors (Lipinski definition) is 1. The SMILES string of the molecule is CON=CC(=O)N(C)c1ccccc1O. The smallest absolute Gasteiger partial charge is 0.272 e. The molecule has 1 aromatic carbocycles. The Morgan fingerprint density at radius 1 is 1.53 bits per heavy atom. The van der Waals surface area contributed by atoms with Crippen molar-refractivity contribution < 1.29 is 14.7 Å². The van der Waals surface area contributed by atoms with Gasteiger partial charge in [0.2, 0.25) is 0 Å². The lowest BCUT2D eigenvalue weighted by molar-refractivity contribution is -0.112. The topological polar surface area (TPSA) is 62.1 Å². The molecule has 0 aromatic heterocycles. The predicted octanol–water partition coefficient (Wildman–Crippen LogP) is 0.987. The van der Waals surface area contributed by atoms with Crippen molar-refractivity contribution in [1.29, 1.82) is 0 Å². The number of aromatic hydroxyl groups is 1. The Balaban J connectivity index is 2.85. The standard InChI is InChI=1S/C10H12N2O3/c1-12(10(14)7-11-15-2)8-5-3-4-6-9(8)13/h3-7,13H,1-2H3. The van der Waals surface area contributed by atoms with Crippen LogP contribution in [0.2, 0.25) is 0 Å². The Morgan fingerprint density at radius 2 is 2.20 bits per heavy atom. The normalized spacial score (nSPS) is 10.3. The highest BCUT2D eigenvalue weighted by Gasteiger charge is 2.11. The van der Waals surface area contributed by atoms with Crippen molar-refractivity contribution in [1.82, 2.24) is 0 Å². The molecule has 0 aliphatic rings. The third-order valence-corrected chi connectivity index (χ3v) is 1.84. The zero-order valence-corrected chi connectivity index (χ0v) is 8.54. The molecule has 0 aliphatic carbocycles. The fraction of sp³-hybridized carbons (Fsp3) is 0.200. The minimum Gasteiger partial charge on any atom is -0.506 e. The van der Waals surface area contributed by atoms with Gasteiger partial charge in [0.25, 0.3) is 5.91 Å². The lowest BCUT2D eigenvalue weighted by Crippen LogP contribution is -2.27. The lowest BCUT2D eigenvalue weighted by atomic mass is 10.2. The van der Waals surface area contributed by atoms with Gasteiger partial charge in [-0.2, -0.15) is 0 Å². The lowest BCUT2D eigenvalue weighted by Gasteiger charge is -2.15. The molecule has 0 fully saturated rings. The number of rotatable bonds is 3. The van der Waals surface area contributed by atoms with Crippen molar-refractivity contribution in [3.8, 4) is 5.75 Å². The molecule has 0 atom stereocenters. The largest absolute Gasteiger partial charge is 0.506 e. The number of amides is 1. The number of carbonyl (C=O) groups is 1. The fourth-order valence-corrected chi connectivity index (χ4v) is 1.05. The van der Waals surface area contributed by atoms with Crippen molar-refractivity contribution in [3.63, 3.8) is 0 Å². The summed E-state index contributed by atoms with van der Waals surface area (Å²) in [5.74, 6) is -0.336. The minimum atomic E-state index is -0.377. The molecular formula is C10H12N2O3. The number of benzene rings is 1. The van der Waals surface area contributed by atoms with Gasteiger partial charge >= 0.3 is 0 Å². The highest BCUT2D eigenvalue weighted by Crippen LogP contribution is 2.24. The van der Waals surface area contributed by atoms with Crippen LogP contribution < -0.4 is 4.90 Å². The number of phenols is 1. The number of oxime groups is 1. The van der Waals surface area contributed by atoms with Gasteiger partial charge in [0.15, 0.2) is 0 Å². The average molecular weight is 208 g/mol. The van der Waals surface area contributed by atoms with E-state index in [9.17, 15) is 9.90 Å². The summed E-state index contributed by atoms with van der Waals surface area (Å²) in [4.78, 5) is 17.1. The Bertz CT molecular complexity index is 377. The summed E-state index contributed by atoms with van der Waals surface area (Å²) in [6.07, 6.45) is 1.03. The average Bonchev–Trinajstić information content (AvgIpc) is 2.25. The van der Waals surface area contributed by atoms with E-state index in [0.29, 0.717) is 5.69 Å². The van der Waals surface area contributed by atoms with Gasteiger partial charge in [-0.25, -0.2) is 0 Å². The molecule has 1 amide bonds. The molecule has 0 spiro atoms. The third-order valence-electron chi connectivity index (χ3n) is 1.84. The second kappa shape index (κ2) is 4.99. The van der Waals surface area contributed by atoms with Gasteiger partial charge in [-0.1, -0.05) is 17.3 Å². The van der Waals surface area contributed by atoms with Crippen LogP contribution in [0.25, 0.3) is 0 Å². The van der Waals surface area contributed by atoms with Gasteiger partial charge in [-0.3, -0.25) is 4.79 Å². The van der Waals surface area contributed by atoms with Crippen molar-refractivity contribution >= 4 is 17.8 Å². The van der Waals surface area contributed by atoms with E-state index in [1.165, 1.54) is 18.1 Å². The molecule has 1 N–H and O–H groups in total. The molecule has 0 saturated carbocycles. The van der Waals surface area contributed by atoms with Crippen LogP contribution in [0.4, 0.5) is 5.69 Å². The van der Waals surface area contributed by atoms with Gasteiger partial charge in [0.1, 0.15) is 19.1 Å². The van der Waals surface area contributed by atoms with E-state index in [1.54, 1.807) is 25.2 Å². The maximum absolute atomic E-state index is 11.4. The zero-order chi connectivity index (χ0) is 11.3. The molecule has 15 heavy (non-hydrogen) atoms. The molecule has 80 valence electrons. The monoisotopic (exact) mass is 208 g/mol. The first-order chi connectivity index (χ1) is 7.16. The first kappa shape index (κ1) is 11.0. The van der Waals surface area contributed by atoms with Gasteiger partial charge in [-0.15, -0.1) is 0 Å². The summed E-state index contributed by atoms with van der Waals surface area (Å²) >= 11 is 0. The zero-order valence-electron chi connectivity index (χ0n) is 8.54. The summed E-state index contributed by atoms with van der Waals surface area (Å²) in [7, 11) is 2.89. The van der Waals surface area contributed by atoms with Crippen LogP contribution in [0.3, 0.4) is 0 Å². The molecule has 5 nitrogen and oxygen atoms in total. The molecule has 0 aliphatic heterocycles. The van der Waals surface area contributed by atoms with Crippen molar-refractivity contribution in [2.75, 3.05) is 19.1 Å². The van der Waals surface area contributed by atoms with Gasteiger partial charge in [0.05, 0.1) is 5.69 Å². The first-order valence-corrected chi connectivity index (χ1v) is 4.29. The molecule has 1 rings (SSSR count). The second-order valence-electron chi connectivity index (χ2n) is 2.80. The summed E-state index contributed by atoms with van der Waals surface area (Å²) < 4.78 is 0. The maximum Gasteiger partial charge on any atom is 0.272 e. The van der Waals surface area contributed by atoms with E-state index < -0.39 is 0 Å². The number of nitrogens with zero attached hydrogens (tertiary/aromatic N) is 2. The number of carbonyl (C=O) groups excluding carboxylic acids is 1. The van der Waals surface area contributed by atoms with Crippen LogP contribution in [-0.2, 0) is 9.63 Å². The van der Waals surface area contributed by atoms with Crippen LogP contribution in [0.1, 0.15) is 0 Å². The second-order valence-corrected chi connectivity index (χ2v) is 2.80. The van der Waals surface area contributed by atoms with Gasteiger partial charge in [0, 0.05) is 7.05 Å². The van der Waals surface area contributed by atoms with Gasteiger partial charge in [-0.05, 0) is 12.1 Å². The molecule has 5 heteroatoms. The van der Waals surface area contributed by atoms with Crippen LogP contribution in [0, 0.1) is 0 Å². The van der Waals surface area contributed by atoms with Crippen LogP contribution in [0.5, 0.6) is 5.75 Å². The molecule has 1 aromatic rings. The fourth-order valence-electron chi connectivity index (χ4n) is 1.05. The van der Waals surface area contributed by atoms with Gasteiger partial charge < -0.3 is 14.8 Å². The summed E-state index contributed by atoms with van der Waals surface area (Å²) in [5, 5.41) is 12.8. The van der Waals surface area contributed by atoms with E-state index in [4.69, 9.17) is 0 Å². The quantitative estimate of drug-likeness (QED) is 0.595. The molecule has 0 saturated heterocycles. The Kier molecular flexibility index (Phi) is 3.68. The Morgan fingerprint density at radius 3 is 2.80 bits per heavy atom. The highest BCUT2D eigenvalue weighted by atomic mass is 16.6. The Hall–Kier alpha value is -2.04. The number of hydrogen-bond acceptors (Lipinski definition) is 4. The number of phenolic OH excluding ortho intramolecular Hbond substituents is 1. The minimum absolute atomic E-state index is 0.0409. The number of para-hydroxylation sites is 2. The van der Waals surface area contributed by atoms with E-state index in [0.717, 1.165) is 6.21 Å². The molecule has 0 bridgehead atoms. The van der Waals surface area contributed by atoms with Crippen LogP contribution >= 0.6 is 0 Å². The molecule has 0 unspecified atom stereocenters. The van der Waals surface area contributed by atoms with E-state index in [-0.39, 0.29) is 11.7 Å². The predicted molar refractivity (Wildman–Crippen MR) is 57.0 cm³/mol. The van der Waals surface area contributed by atoms with Crippen LogP contribution in [0.15, 0.2) is 29.4 Å². The van der Waals surface area contributed by atoms with E-state index >= 15 is 0 Å². The molecular weight excluding hydrogens is 196 g/mol. The van der Waals surface area contributed by atoms with Crippen molar-refractivity contribution in [3.05, 3.63) is 24.3 Å². The summed E-state index contributed by atoms with van der Waals surface area (Å²) in [5.41, 5.74) is 0.421. The van der Waals surface area contributed by atoms with Crippen molar-refractivity contribution in [2.45, 2.75) is 0 Å². The third kappa shape index (κ3) is 2.70. The number of anilines is 1. The molecule has 0 heterocycles. The highest BCUT2D eigenvalue weighted by molar-refractivity contribution is 6.32. The van der Waals surface area contributed by atoms with E-state index in [2.05, 4.69) is 9.99 Å². The Labute approximate surface area is 87.6 Å². The summed E-state index contributed by atoms with van der Waals surface area (Å²) in [6, 6.07) is 6.55. The maximum atomic E-state index is 11.4. The van der Waals surface area contributed by atoms with E-state index in [1.807, 2.05) is 0 Å².